The van der Waals surface area contributed by atoms with Crippen LogP contribution in [0, 0.1) is 11.3 Å². The number of nitriles is 1. The van der Waals surface area contributed by atoms with Gasteiger partial charge in [0, 0.05) is 5.69 Å². The molecule has 0 bridgehead atoms. The van der Waals surface area contributed by atoms with Gasteiger partial charge in [-0.2, -0.15) is 5.26 Å². The molecule has 0 aliphatic heterocycles. The van der Waals surface area contributed by atoms with Crippen LogP contribution in [0.15, 0.2) is 60.8 Å². The molecular formula is C19H12Cl2N4O. The predicted octanol–water partition coefficient (Wildman–Crippen LogP) is 5.26. The molecule has 1 aromatic heterocycles. The molecule has 0 spiro atoms. The summed E-state index contributed by atoms with van der Waals surface area (Å²) < 4.78 is 0. The Balaban J connectivity index is 1.71. The average molecular weight is 383 g/mol. The minimum absolute atomic E-state index is 0.234. The number of amides is 1. The van der Waals surface area contributed by atoms with Crippen LogP contribution in [-0.4, -0.2) is 10.9 Å². The highest BCUT2D eigenvalue weighted by atomic mass is 35.5. The first-order chi connectivity index (χ1) is 12.6. The fourth-order valence-corrected chi connectivity index (χ4v) is 2.57. The molecule has 0 radical (unpaired) electrons. The molecule has 128 valence electrons. The van der Waals surface area contributed by atoms with E-state index in [1.165, 1.54) is 6.20 Å². The number of carbonyl (C=O) groups is 1. The average Bonchev–Trinajstić information content (AvgIpc) is 2.66. The highest BCUT2D eigenvalue weighted by molar-refractivity contribution is 6.44. The molecule has 0 aliphatic rings. The van der Waals surface area contributed by atoms with E-state index in [-0.39, 0.29) is 10.7 Å². The van der Waals surface area contributed by atoms with Gasteiger partial charge in [0.15, 0.2) is 0 Å². The molecule has 3 rings (SSSR count). The second-order valence-electron chi connectivity index (χ2n) is 5.31. The molecule has 7 heteroatoms. The SMILES string of the molecule is N#Cc1cccc(Nc2ccc(C(=O)Nc3cccc(Cl)c3Cl)nc2)c1. The number of aromatic nitrogens is 1. The van der Waals surface area contributed by atoms with Gasteiger partial charge in [-0.25, -0.2) is 4.98 Å². The number of nitrogens with zero attached hydrogens (tertiary/aromatic N) is 2. The number of halogens is 2. The number of carbonyl (C=O) groups excluding carboxylic acids is 1. The number of anilines is 3. The summed E-state index contributed by atoms with van der Waals surface area (Å²) in [5.41, 5.74) is 2.66. The molecule has 0 aliphatic carbocycles. The lowest BCUT2D eigenvalue weighted by Crippen LogP contribution is -2.14. The van der Waals surface area contributed by atoms with Crippen LogP contribution in [0.1, 0.15) is 16.1 Å². The van der Waals surface area contributed by atoms with Crippen molar-refractivity contribution in [1.29, 1.82) is 5.26 Å². The molecule has 26 heavy (non-hydrogen) atoms. The Bertz CT molecular complexity index is 997. The minimum Gasteiger partial charge on any atom is -0.354 e. The third-order valence-corrected chi connectivity index (χ3v) is 4.30. The first-order valence-corrected chi connectivity index (χ1v) is 8.31. The highest BCUT2D eigenvalue weighted by Gasteiger charge is 2.11. The maximum absolute atomic E-state index is 12.3. The van der Waals surface area contributed by atoms with E-state index >= 15 is 0 Å². The molecule has 3 aromatic rings. The van der Waals surface area contributed by atoms with Crippen LogP contribution in [0.5, 0.6) is 0 Å². The lowest BCUT2D eigenvalue weighted by molar-refractivity contribution is 0.102. The van der Waals surface area contributed by atoms with E-state index in [0.29, 0.717) is 22.0 Å². The van der Waals surface area contributed by atoms with E-state index in [9.17, 15) is 4.79 Å². The predicted molar refractivity (Wildman–Crippen MR) is 103 cm³/mol. The lowest BCUT2D eigenvalue weighted by atomic mass is 10.2. The normalized spacial score (nSPS) is 10.0. The van der Waals surface area contributed by atoms with Gasteiger partial charge in [-0.3, -0.25) is 4.79 Å². The van der Waals surface area contributed by atoms with Crippen molar-refractivity contribution in [2.45, 2.75) is 0 Å². The molecule has 2 aromatic carbocycles. The molecule has 1 amide bonds. The zero-order valence-electron chi connectivity index (χ0n) is 13.3. The second-order valence-corrected chi connectivity index (χ2v) is 6.09. The maximum atomic E-state index is 12.3. The summed E-state index contributed by atoms with van der Waals surface area (Å²) in [4.78, 5) is 16.4. The van der Waals surface area contributed by atoms with E-state index in [1.807, 2.05) is 6.07 Å². The summed E-state index contributed by atoms with van der Waals surface area (Å²) in [5, 5.41) is 15.4. The second kappa shape index (κ2) is 7.87. The van der Waals surface area contributed by atoms with E-state index < -0.39 is 5.91 Å². The van der Waals surface area contributed by atoms with Crippen LogP contribution in [0.3, 0.4) is 0 Å². The fraction of sp³-hybridized carbons (Fsp3) is 0. The number of nitrogens with one attached hydrogen (secondary N) is 2. The summed E-state index contributed by atoms with van der Waals surface area (Å²) in [7, 11) is 0. The van der Waals surface area contributed by atoms with Gasteiger partial charge in [0.2, 0.25) is 0 Å². The lowest BCUT2D eigenvalue weighted by Gasteiger charge is -2.09. The number of pyridine rings is 1. The Morgan fingerprint density at radius 1 is 1.04 bits per heavy atom. The molecule has 0 saturated carbocycles. The van der Waals surface area contributed by atoms with Crippen molar-refractivity contribution in [2.24, 2.45) is 0 Å². The Kier molecular flexibility index (Phi) is 5.37. The van der Waals surface area contributed by atoms with E-state index in [2.05, 4.69) is 21.7 Å². The molecule has 0 saturated heterocycles. The summed E-state index contributed by atoms with van der Waals surface area (Å²) in [5.74, 6) is -0.396. The van der Waals surface area contributed by atoms with Crippen molar-refractivity contribution in [3.63, 3.8) is 0 Å². The first-order valence-electron chi connectivity index (χ1n) is 7.55. The molecule has 5 nitrogen and oxygen atoms in total. The van der Waals surface area contributed by atoms with Gasteiger partial charge in [0.1, 0.15) is 5.69 Å². The fourth-order valence-electron chi connectivity index (χ4n) is 2.22. The summed E-state index contributed by atoms with van der Waals surface area (Å²) in [6, 6.07) is 17.4. The molecule has 1 heterocycles. The van der Waals surface area contributed by atoms with Crippen LogP contribution in [0.25, 0.3) is 0 Å². The van der Waals surface area contributed by atoms with Crippen LogP contribution in [0.4, 0.5) is 17.1 Å². The van der Waals surface area contributed by atoms with Crippen molar-refractivity contribution in [3.05, 3.63) is 82.1 Å². The number of rotatable bonds is 4. The first kappa shape index (κ1) is 17.7. The minimum atomic E-state index is -0.396. The highest BCUT2D eigenvalue weighted by Crippen LogP contribution is 2.29. The van der Waals surface area contributed by atoms with Crippen LogP contribution in [0.2, 0.25) is 10.0 Å². The molecule has 0 unspecified atom stereocenters. The Morgan fingerprint density at radius 2 is 1.85 bits per heavy atom. The van der Waals surface area contributed by atoms with Crippen molar-refractivity contribution >= 4 is 46.2 Å². The zero-order valence-corrected chi connectivity index (χ0v) is 14.8. The van der Waals surface area contributed by atoms with Gasteiger partial charge >= 0.3 is 0 Å². The Morgan fingerprint density at radius 3 is 2.58 bits per heavy atom. The zero-order chi connectivity index (χ0) is 18.5. The van der Waals surface area contributed by atoms with Crippen molar-refractivity contribution in [3.8, 4) is 6.07 Å². The summed E-state index contributed by atoms with van der Waals surface area (Å²) in [6.07, 6.45) is 1.54. The topological polar surface area (TPSA) is 77.8 Å². The summed E-state index contributed by atoms with van der Waals surface area (Å²) in [6.45, 7) is 0. The Labute approximate surface area is 160 Å². The number of hydrogen-bond donors (Lipinski definition) is 2. The molecule has 0 fully saturated rings. The largest absolute Gasteiger partial charge is 0.354 e. The maximum Gasteiger partial charge on any atom is 0.274 e. The monoisotopic (exact) mass is 382 g/mol. The van der Waals surface area contributed by atoms with Crippen molar-refractivity contribution in [2.75, 3.05) is 10.6 Å². The van der Waals surface area contributed by atoms with Gasteiger partial charge in [0.05, 0.1) is 39.2 Å². The van der Waals surface area contributed by atoms with Crippen LogP contribution < -0.4 is 10.6 Å². The smallest absolute Gasteiger partial charge is 0.274 e. The van der Waals surface area contributed by atoms with Gasteiger partial charge in [0.25, 0.3) is 5.91 Å². The standard InChI is InChI=1S/C19H12Cl2N4O/c20-15-5-2-6-16(18(15)21)25-19(26)17-8-7-14(11-23-17)24-13-4-1-3-12(9-13)10-22/h1-9,11,24H,(H,25,26). The van der Waals surface area contributed by atoms with Gasteiger partial charge in [-0.05, 0) is 42.5 Å². The van der Waals surface area contributed by atoms with E-state index in [4.69, 9.17) is 28.5 Å². The van der Waals surface area contributed by atoms with Gasteiger partial charge < -0.3 is 10.6 Å². The van der Waals surface area contributed by atoms with E-state index in [0.717, 1.165) is 5.69 Å². The van der Waals surface area contributed by atoms with Crippen molar-refractivity contribution < 1.29 is 4.79 Å². The molecular weight excluding hydrogens is 371 g/mol. The third-order valence-electron chi connectivity index (χ3n) is 3.48. The third kappa shape index (κ3) is 4.12. The van der Waals surface area contributed by atoms with Gasteiger partial charge in [-0.15, -0.1) is 0 Å². The van der Waals surface area contributed by atoms with Crippen molar-refractivity contribution in [1.82, 2.24) is 4.98 Å². The van der Waals surface area contributed by atoms with E-state index in [1.54, 1.807) is 48.5 Å². The quantitative estimate of drug-likeness (QED) is 0.645. The van der Waals surface area contributed by atoms with Crippen LogP contribution in [-0.2, 0) is 0 Å². The van der Waals surface area contributed by atoms with Crippen LogP contribution >= 0.6 is 23.2 Å². The molecule has 2 N–H and O–H groups in total. The van der Waals surface area contributed by atoms with Gasteiger partial charge in [-0.1, -0.05) is 35.3 Å². The number of benzene rings is 2. The number of hydrogen-bond acceptors (Lipinski definition) is 4. The summed E-state index contributed by atoms with van der Waals surface area (Å²) >= 11 is 12.0. The Hall–Kier alpha value is -3.07. The molecule has 0 atom stereocenters.